The van der Waals surface area contributed by atoms with Crippen LogP contribution in [0, 0.1) is 13.8 Å². The Morgan fingerprint density at radius 1 is 1.10 bits per heavy atom. The molecule has 0 spiro atoms. The molecule has 162 valence electrons. The van der Waals surface area contributed by atoms with Crippen LogP contribution in [0.25, 0.3) is 0 Å². The van der Waals surface area contributed by atoms with Gasteiger partial charge in [-0.05, 0) is 51.4 Å². The van der Waals surface area contributed by atoms with Crippen LogP contribution in [-0.4, -0.2) is 67.6 Å². The molecule has 1 aromatic carbocycles. The summed E-state index contributed by atoms with van der Waals surface area (Å²) in [5.74, 6) is -0.572. The number of aryl methyl sites for hydroxylation is 1. The zero-order valence-electron chi connectivity index (χ0n) is 18.2. The van der Waals surface area contributed by atoms with Gasteiger partial charge in [0.15, 0.2) is 0 Å². The highest BCUT2D eigenvalue weighted by Gasteiger charge is 2.23. The van der Waals surface area contributed by atoms with Crippen LogP contribution in [0.3, 0.4) is 0 Å². The molecule has 0 bridgehead atoms. The molecule has 0 saturated carbocycles. The van der Waals surface area contributed by atoms with E-state index in [1.54, 1.807) is 20.8 Å². The van der Waals surface area contributed by atoms with Crippen molar-refractivity contribution in [2.75, 3.05) is 50.8 Å². The summed E-state index contributed by atoms with van der Waals surface area (Å²) >= 11 is 0. The minimum atomic E-state index is -0.391. The monoisotopic (exact) mass is 412 g/mol. The summed E-state index contributed by atoms with van der Waals surface area (Å²) in [7, 11) is 0. The van der Waals surface area contributed by atoms with Crippen LogP contribution in [0.5, 0.6) is 0 Å². The van der Waals surface area contributed by atoms with E-state index in [1.165, 1.54) is 5.69 Å². The number of carbonyl (C=O) groups is 2. The number of amides is 1. The quantitative estimate of drug-likeness (QED) is 0.515. The van der Waals surface area contributed by atoms with Gasteiger partial charge in [-0.1, -0.05) is 18.2 Å². The van der Waals surface area contributed by atoms with Crippen molar-refractivity contribution in [3.63, 3.8) is 0 Å². The molecule has 2 N–H and O–H groups in total. The first-order valence-electron chi connectivity index (χ1n) is 10.7. The molecule has 0 atom stereocenters. The molecule has 3 rings (SSSR count). The molecule has 1 amide bonds. The maximum atomic E-state index is 12.5. The Bertz CT molecular complexity index is 855. The molecule has 7 nitrogen and oxygen atoms in total. The molecule has 1 fully saturated rings. The number of rotatable bonds is 8. The lowest BCUT2D eigenvalue weighted by atomic mass is 10.1. The fourth-order valence-corrected chi connectivity index (χ4v) is 3.95. The van der Waals surface area contributed by atoms with Crippen molar-refractivity contribution in [2.24, 2.45) is 0 Å². The fraction of sp³-hybridized carbons (Fsp3) is 0.478. The van der Waals surface area contributed by atoms with Crippen molar-refractivity contribution in [1.29, 1.82) is 0 Å². The highest BCUT2D eigenvalue weighted by Crippen LogP contribution is 2.19. The lowest BCUT2D eigenvalue weighted by Gasteiger charge is -2.36. The zero-order valence-corrected chi connectivity index (χ0v) is 18.2. The fourth-order valence-electron chi connectivity index (χ4n) is 3.95. The number of aromatic amines is 1. The average Bonchev–Trinajstić information content (AvgIpc) is 3.06. The first-order valence-corrected chi connectivity index (χ1v) is 10.7. The van der Waals surface area contributed by atoms with Crippen LogP contribution in [0.4, 0.5) is 5.69 Å². The van der Waals surface area contributed by atoms with E-state index in [2.05, 4.69) is 44.4 Å². The number of nitrogens with one attached hydrogen (secondary N) is 2. The molecule has 2 heterocycles. The van der Waals surface area contributed by atoms with Crippen LogP contribution in [0.15, 0.2) is 30.3 Å². The molecule has 30 heavy (non-hydrogen) atoms. The minimum absolute atomic E-state index is 0.181. The Balaban J connectivity index is 1.41. The zero-order chi connectivity index (χ0) is 21.5. The third-order valence-corrected chi connectivity index (χ3v) is 5.57. The van der Waals surface area contributed by atoms with E-state index in [4.69, 9.17) is 4.74 Å². The molecular weight excluding hydrogens is 380 g/mol. The number of para-hydroxylation sites is 1. The number of hydrogen-bond donors (Lipinski definition) is 2. The second-order valence-corrected chi connectivity index (χ2v) is 7.62. The largest absolute Gasteiger partial charge is 0.462 e. The van der Waals surface area contributed by atoms with Crippen LogP contribution in [0.1, 0.15) is 45.4 Å². The maximum Gasteiger partial charge on any atom is 0.340 e. The lowest BCUT2D eigenvalue weighted by Crippen LogP contribution is -2.47. The van der Waals surface area contributed by atoms with Crippen LogP contribution < -0.4 is 10.2 Å². The Hall–Kier alpha value is -2.80. The highest BCUT2D eigenvalue weighted by atomic mass is 16.5. The van der Waals surface area contributed by atoms with Crippen molar-refractivity contribution in [1.82, 2.24) is 15.2 Å². The number of H-pyrrole nitrogens is 1. The number of carbonyl (C=O) groups excluding carboxylic acids is 2. The topological polar surface area (TPSA) is 77.7 Å². The molecule has 0 aliphatic carbocycles. The second kappa shape index (κ2) is 10.3. The van der Waals surface area contributed by atoms with Crippen LogP contribution >= 0.6 is 0 Å². The molecule has 2 aromatic rings. The summed E-state index contributed by atoms with van der Waals surface area (Å²) < 4.78 is 5.08. The van der Waals surface area contributed by atoms with Gasteiger partial charge in [-0.25, -0.2) is 4.79 Å². The van der Waals surface area contributed by atoms with E-state index in [1.807, 2.05) is 6.07 Å². The second-order valence-electron chi connectivity index (χ2n) is 7.62. The van der Waals surface area contributed by atoms with Crippen LogP contribution in [-0.2, 0) is 4.74 Å². The van der Waals surface area contributed by atoms with Gasteiger partial charge < -0.3 is 19.9 Å². The Morgan fingerprint density at radius 3 is 2.47 bits per heavy atom. The number of esters is 1. The number of anilines is 1. The van der Waals surface area contributed by atoms with E-state index in [9.17, 15) is 9.59 Å². The molecule has 1 aliphatic rings. The van der Waals surface area contributed by atoms with Crippen molar-refractivity contribution in [3.8, 4) is 0 Å². The normalized spacial score (nSPS) is 14.6. The Kier molecular flexibility index (Phi) is 7.52. The van der Waals surface area contributed by atoms with E-state index >= 15 is 0 Å². The average molecular weight is 413 g/mol. The molecule has 0 radical (unpaired) electrons. The van der Waals surface area contributed by atoms with Gasteiger partial charge >= 0.3 is 5.97 Å². The third-order valence-electron chi connectivity index (χ3n) is 5.57. The molecular formula is C23H32N4O3. The number of benzene rings is 1. The van der Waals surface area contributed by atoms with Gasteiger partial charge in [0.25, 0.3) is 5.91 Å². The van der Waals surface area contributed by atoms with Gasteiger partial charge in [0.2, 0.25) is 0 Å². The van der Waals surface area contributed by atoms with Crippen molar-refractivity contribution < 1.29 is 14.3 Å². The predicted molar refractivity (Wildman–Crippen MR) is 118 cm³/mol. The minimum Gasteiger partial charge on any atom is -0.462 e. The third kappa shape index (κ3) is 5.21. The van der Waals surface area contributed by atoms with E-state index < -0.39 is 5.97 Å². The van der Waals surface area contributed by atoms with Crippen molar-refractivity contribution >= 4 is 17.6 Å². The lowest BCUT2D eigenvalue weighted by molar-refractivity contribution is 0.0525. The first kappa shape index (κ1) is 21.9. The summed E-state index contributed by atoms with van der Waals surface area (Å²) in [4.78, 5) is 32.5. The molecule has 1 saturated heterocycles. The number of piperazine rings is 1. The SMILES string of the molecule is CCOC(=O)c1c(C)[nH]c(C(=O)NCCCN2CCN(c3ccccc3)CC2)c1C. The molecule has 7 heteroatoms. The summed E-state index contributed by atoms with van der Waals surface area (Å²) in [6.45, 7) is 11.3. The number of nitrogens with zero attached hydrogens (tertiary/aromatic N) is 2. The highest BCUT2D eigenvalue weighted by molar-refractivity contribution is 6.00. The summed E-state index contributed by atoms with van der Waals surface area (Å²) in [6.07, 6.45) is 0.889. The predicted octanol–water partition coefficient (Wildman–Crippen LogP) is 2.75. The van der Waals surface area contributed by atoms with Gasteiger partial charge in [-0.3, -0.25) is 9.69 Å². The maximum absolute atomic E-state index is 12.5. The van der Waals surface area contributed by atoms with E-state index in [0.29, 0.717) is 35.7 Å². The van der Waals surface area contributed by atoms with Gasteiger partial charge in [0, 0.05) is 44.1 Å². The molecule has 1 aliphatic heterocycles. The van der Waals surface area contributed by atoms with Gasteiger partial charge in [0.05, 0.1) is 12.2 Å². The number of ether oxygens (including phenoxy) is 1. The van der Waals surface area contributed by atoms with Crippen molar-refractivity contribution in [2.45, 2.75) is 27.2 Å². The summed E-state index contributed by atoms with van der Waals surface area (Å²) in [6, 6.07) is 10.5. The van der Waals surface area contributed by atoms with Gasteiger partial charge in [0.1, 0.15) is 5.69 Å². The van der Waals surface area contributed by atoms with E-state index in [-0.39, 0.29) is 5.91 Å². The Labute approximate surface area is 178 Å². The first-order chi connectivity index (χ1) is 14.5. The Morgan fingerprint density at radius 2 is 1.80 bits per heavy atom. The molecule has 0 unspecified atom stereocenters. The van der Waals surface area contributed by atoms with Crippen LogP contribution in [0.2, 0.25) is 0 Å². The summed E-state index contributed by atoms with van der Waals surface area (Å²) in [5, 5.41) is 2.97. The number of aromatic nitrogens is 1. The van der Waals surface area contributed by atoms with Gasteiger partial charge in [-0.2, -0.15) is 0 Å². The molecule has 1 aromatic heterocycles. The van der Waals surface area contributed by atoms with Gasteiger partial charge in [-0.15, -0.1) is 0 Å². The number of hydrogen-bond acceptors (Lipinski definition) is 5. The van der Waals surface area contributed by atoms with Crippen molar-refractivity contribution in [3.05, 3.63) is 52.8 Å². The van der Waals surface area contributed by atoms with E-state index in [0.717, 1.165) is 39.1 Å². The standard InChI is InChI=1S/C23H32N4O3/c1-4-30-23(29)20-17(2)21(25-18(20)3)22(28)24-11-8-12-26-13-15-27(16-14-26)19-9-6-5-7-10-19/h5-7,9-10,25H,4,8,11-16H2,1-3H3,(H,24,28). The smallest absolute Gasteiger partial charge is 0.340 e. The summed E-state index contributed by atoms with van der Waals surface area (Å²) in [5.41, 5.74) is 3.47.